The summed E-state index contributed by atoms with van der Waals surface area (Å²) in [6, 6.07) is 10.6. The predicted octanol–water partition coefficient (Wildman–Crippen LogP) is 3.42. The summed E-state index contributed by atoms with van der Waals surface area (Å²) in [5.41, 5.74) is 2.56. The van der Waals surface area contributed by atoms with Crippen LogP contribution in [-0.2, 0) is 17.8 Å². The summed E-state index contributed by atoms with van der Waals surface area (Å²) in [7, 11) is 0. The molecular weight excluding hydrogens is 355 g/mol. The van der Waals surface area contributed by atoms with E-state index in [1.54, 1.807) is 12.3 Å². The number of carbonyl (C=O) groups excluding carboxylic acids is 1. The molecule has 1 unspecified atom stereocenters. The second-order valence-electron chi connectivity index (χ2n) is 7.36. The van der Waals surface area contributed by atoms with Crippen LogP contribution in [0.15, 0.2) is 48.8 Å². The monoisotopic (exact) mass is 380 g/mol. The van der Waals surface area contributed by atoms with Gasteiger partial charge >= 0.3 is 0 Å². The molecule has 1 atom stereocenters. The summed E-state index contributed by atoms with van der Waals surface area (Å²) in [5, 5.41) is 4.18. The van der Waals surface area contributed by atoms with Crippen LogP contribution < -0.4 is 5.32 Å². The van der Waals surface area contributed by atoms with Gasteiger partial charge in [-0.2, -0.15) is 0 Å². The van der Waals surface area contributed by atoms with Gasteiger partial charge in [0, 0.05) is 29.3 Å². The highest BCUT2D eigenvalue weighted by molar-refractivity contribution is 5.89. The van der Waals surface area contributed by atoms with Crippen molar-refractivity contribution in [3.8, 4) is 0 Å². The van der Waals surface area contributed by atoms with E-state index in [0.29, 0.717) is 6.54 Å². The van der Waals surface area contributed by atoms with Gasteiger partial charge in [-0.05, 0) is 68.2 Å². The van der Waals surface area contributed by atoms with E-state index in [4.69, 9.17) is 0 Å². The van der Waals surface area contributed by atoms with Crippen LogP contribution in [0.3, 0.4) is 0 Å². The maximum atomic E-state index is 13.7. The van der Waals surface area contributed by atoms with Crippen molar-refractivity contribution < 1.29 is 9.18 Å². The van der Waals surface area contributed by atoms with E-state index in [1.807, 2.05) is 29.3 Å². The summed E-state index contributed by atoms with van der Waals surface area (Å²) in [6.07, 6.45) is 6.79. The van der Waals surface area contributed by atoms with Crippen LogP contribution in [0.4, 0.5) is 4.39 Å². The lowest BCUT2D eigenvalue weighted by Crippen LogP contribution is -2.41. The van der Waals surface area contributed by atoms with Gasteiger partial charge < -0.3 is 15.2 Å². The lowest BCUT2D eigenvalue weighted by Gasteiger charge is -2.31. The van der Waals surface area contributed by atoms with E-state index in [2.05, 4.69) is 15.3 Å². The SMILES string of the molecule is O=C(Cc1c[nH]c2ccc(F)cc12)N(Cc1ccccn1)C1CCCNCC1. The number of aromatic amines is 1. The largest absolute Gasteiger partial charge is 0.361 e. The standard InChI is InChI=1S/C22H25FN4O/c23-17-6-7-21-20(13-17)16(14-26-21)12-22(28)27(15-18-4-1-2-10-25-18)19-5-3-9-24-11-8-19/h1-2,4,6-7,10,13-14,19,24,26H,3,5,8-9,11-12,15H2. The van der Waals surface area contributed by atoms with E-state index in [-0.39, 0.29) is 24.2 Å². The first-order valence-corrected chi connectivity index (χ1v) is 9.86. The third-order valence-electron chi connectivity index (χ3n) is 5.44. The molecule has 1 aliphatic rings. The Labute approximate surface area is 164 Å². The molecule has 28 heavy (non-hydrogen) atoms. The molecule has 0 saturated carbocycles. The Morgan fingerprint density at radius 3 is 3.00 bits per heavy atom. The van der Waals surface area contributed by atoms with E-state index in [9.17, 15) is 9.18 Å². The summed E-state index contributed by atoms with van der Waals surface area (Å²) in [4.78, 5) is 22.8. The molecule has 3 heterocycles. The fourth-order valence-electron chi connectivity index (χ4n) is 3.96. The summed E-state index contributed by atoms with van der Waals surface area (Å²) in [5.74, 6) is -0.233. The van der Waals surface area contributed by atoms with Crippen molar-refractivity contribution in [1.82, 2.24) is 20.2 Å². The maximum absolute atomic E-state index is 13.7. The normalized spacial score (nSPS) is 17.4. The minimum absolute atomic E-state index is 0.0581. The Morgan fingerprint density at radius 1 is 1.21 bits per heavy atom. The molecular formula is C22H25FN4O. The van der Waals surface area contributed by atoms with Gasteiger partial charge in [-0.15, -0.1) is 0 Å². The van der Waals surface area contributed by atoms with Crippen LogP contribution in [0.5, 0.6) is 0 Å². The highest BCUT2D eigenvalue weighted by Crippen LogP contribution is 2.23. The van der Waals surface area contributed by atoms with Gasteiger partial charge in [0.1, 0.15) is 5.82 Å². The van der Waals surface area contributed by atoms with Gasteiger partial charge in [-0.1, -0.05) is 6.07 Å². The fraction of sp³-hybridized carbons (Fsp3) is 0.364. The van der Waals surface area contributed by atoms with Crippen LogP contribution in [0, 0.1) is 5.82 Å². The van der Waals surface area contributed by atoms with Crippen molar-refractivity contribution in [2.45, 2.75) is 38.3 Å². The van der Waals surface area contributed by atoms with Crippen LogP contribution in [0.2, 0.25) is 0 Å². The van der Waals surface area contributed by atoms with Crippen molar-refractivity contribution in [1.29, 1.82) is 0 Å². The number of hydrogen-bond donors (Lipinski definition) is 2. The zero-order valence-corrected chi connectivity index (χ0v) is 15.8. The first-order valence-electron chi connectivity index (χ1n) is 9.86. The number of hydrogen-bond acceptors (Lipinski definition) is 3. The molecule has 1 aliphatic heterocycles. The van der Waals surface area contributed by atoms with Crippen molar-refractivity contribution in [3.05, 3.63) is 65.9 Å². The molecule has 146 valence electrons. The minimum Gasteiger partial charge on any atom is -0.361 e. The molecule has 1 aromatic carbocycles. The van der Waals surface area contributed by atoms with Crippen molar-refractivity contribution in [2.24, 2.45) is 0 Å². The minimum atomic E-state index is -0.291. The second-order valence-corrected chi connectivity index (χ2v) is 7.36. The quantitative estimate of drug-likeness (QED) is 0.713. The van der Waals surface area contributed by atoms with Gasteiger partial charge in [-0.3, -0.25) is 9.78 Å². The van der Waals surface area contributed by atoms with Gasteiger partial charge in [0.15, 0.2) is 0 Å². The number of nitrogens with zero attached hydrogens (tertiary/aromatic N) is 2. The summed E-state index contributed by atoms with van der Waals surface area (Å²) in [6.45, 7) is 2.40. The number of carbonyl (C=O) groups is 1. The molecule has 0 spiro atoms. The Morgan fingerprint density at radius 2 is 2.14 bits per heavy atom. The van der Waals surface area contributed by atoms with Gasteiger partial charge in [0.2, 0.25) is 5.91 Å². The molecule has 1 saturated heterocycles. The van der Waals surface area contributed by atoms with Crippen LogP contribution in [0.25, 0.3) is 10.9 Å². The van der Waals surface area contributed by atoms with Gasteiger partial charge in [0.25, 0.3) is 0 Å². The molecule has 3 aromatic rings. The zero-order valence-electron chi connectivity index (χ0n) is 15.8. The third kappa shape index (κ3) is 4.22. The van der Waals surface area contributed by atoms with Crippen molar-refractivity contribution in [2.75, 3.05) is 13.1 Å². The number of pyridine rings is 1. The van der Waals surface area contributed by atoms with Gasteiger partial charge in [0.05, 0.1) is 18.7 Å². The van der Waals surface area contributed by atoms with E-state index in [1.165, 1.54) is 12.1 Å². The molecule has 1 fully saturated rings. The molecule has 4 rings (SSSR count). The fourth-order valence-corrected chi connectivity index (χ4v) is 3.96. The van der Waals surface area contributed by atoms with Gasteiger partial charge in [-0.25, -0.2) is 4.39 Å². The van der Waals surface area contributed by atoms with Crippen LogP contribution in [0.1, 0.15) is 30.5 Å². The van der Waals surface area contributed by atoms with Crippen LogP contribution in [-0.4, -0.2) is 39.9 Å². The number of halogens is 1. The number of benzene rings is 1. The van der Waals surface area contributed by atoms with Crippen molar-refractivity contribution >= 4 is 16.8 Å². The Hall–Kier alpha value is -2.73. The number of nitrogens with one attached hydrogen (secondary N) is 2. The first kappa shape index (κ1) is 18.6. The Balaban J connectivity index is 1.58. The highest BCUT2D eigenvalue weighted by Gasteiger charge is 2.26. The smallest absolute Gasteiger partial charge is 0.227 e. The van der Waals surface area contributed by atoms with E-state index >= 15 is 0 Å². The first-order chi connectivity index (χ1) is 13.7. The van der Waals surface area contributed by atoms with Crippen LogP contribution >= 0.6 is 0 Å². The molecule has 0 bridgehead atoms. The maximum Gasteiger partial charge on any atom is 0.227 e. The second kappa shape index (κ2) is 8.52. The molecule has 1 amide bonds. The Bertz CT molecular complexity index is 932. The predicted molar refractivity (Wildman–Crippen MR) is 107 cm³/mol. The average molecular weight is 380 g/mol. The summed E-state index contributed by atoms with van der Waals surface area (Å²) < 4.78 is 13.7. The lowest BCUT2D eigenvalue weighted by atomic mass is 10.0. The topological polar surface area (TPSA) is 61.0 Å². The number of fused-ring (bicyclic) bond motifs is 1. The number of rotatable bonds is 5. The number of aromatic nitrogens is 2. The zero-order chi connectivity index (χ0) is 19.3. The van der Waals surface area contributed by atoms with E-state index < -0.39 is 0 Å². The third-order valence-corrected chi connectivity index (χ3v) is 5.44. The lowest BCUT2D eigenvalue weighted by molar-refractivity contribution is -0.133. The van der Waals surface area contributed by atoms with Crippen molar-refractivity contribution in [3.63, 3.8) is 0 Å². The molecule has 2 aromatic heterocycles. The molecule has 2 N–H and O–H groups in total. The molecule has 0 radical (unpaired) electrons. The molecule has 0 aliphatic carbocycles. The number of amides is 1. The summed E-state index contributed by atoms with van der Waals surface area (Å²) >= 11 is 0. The average Bonchev–Trinajstić information content (AvgIpc) is 2.92. The highest BCUT2D eigenvalue weighted by atomic mass is 19.1. The van der Waals surface area contributed by atoms with E-state index in [0.717, 1.165) is 54.5 Å². The molecule has 5 nitrogen and oxygen atoms in total. The molecule has 6 heteroatoms. The Kier molecular flexibility index (Phi) is 5.67. The number of H-pyrrole nitrogens is 1.